The van der Waals surface area contributed by atoms with Crippen molar-refractivity contribution in [3.63, 3.8) is 0 Å². The molecule has 0 spiro atoms. The van der Waals surface area contributed by atoms with Crippen LogP contribution in [0.2, 0.25) is 0 Å². The number of benzene rings is 9. The molecule has 4 aliphatic carbocycles. The molecule has 350 valence electrons. The van der Waals surface area contributed by atoms with Crippen LogP contribution < -0.4 is 4.90 Å². The minimum atomic E-state index is -0.157. The monoisotopic (exact) mass is 920 g/mol. The molecule has 13 rings (SSSR count). The molecule has 0 bridgehead atoms. The smallest absolute Gasteiger partial charge is 0.0546 e. The quantitative estimate of drug-likeness (QED) is 0.147. The Morgan fingerprint density at radius 1 is 0.352 bits per heavy atom. The van der Waals surface area contributed by atoms with E-state index in [1.807, 2.05) is 0 Å². The molecular formula is C70H65N. The number of hydrogen-bond acceptors (Lipinski definition) is 1. The standard InChI is InChI=1S/C70H65N/c1-69(2)63-30-16-14-27-61(63)68-64(69)31-18-32-66(68)71(55-38-40-60-59-26-13-15-29-62(59)70(3,4)65(60)45-55)67-44-51(57-28-17-24-49-23-11-12-25-56(49)57)37-39-58(67)50-35-33-48(34-36-50)54-42-52(46-19-7-5-8-20-46)41-53(43-54)47-21-9-6-10-22-47/h11-18,23-47H,5-10,19-22H2,1-4H3. The summed E-state index contributed by atoms with van der Waals surface area (Å²) < 4.78 is 0. The largest absolute Gasteiger partial charge is 0.309 e. The molecule has 0 unspecified atom stereocenters. The molecule has 0 saturated heterocycles. The first-order valence-corrected chi connectivity index (χ1v) is 26.9. The third-order valence-electron chi connectivity index (χ3n) is 17.7. The fourth-order valence-corrected chi connectivity index (χ4v) is 13.8. The highest BCUT2D eigenvalue weighted by Crippen LogP contribution is 2.57. The van der Waals surface area contributed by atoms with E-state index in [2.05, 4.69) is 221 Å². The summed E-state index contributed by atoms with van der Waals surface area (Å²) in [5.74, 6) is 1.35. The molecule has 0 amide bonds. The SMILES string of the molecule is CC1(C)c2ccccc2-c2ccc(N(c3cc(-c4cccc5ccccc45)ccc3-c3ccc(-c4cc(C5CCCCC5)cc(C5CCCCC5)c4)cc3)c3cccc4c3-c3ccccc3C4(C)C)cc21. The van der Waals surface area contributed by atoms with Crippen LogP contribution in [0.15, 0.2) is 188 Å². The lowest BCUT2D eigenvalue weighted by Gasteiger charge is -2.32. The number of nitrogens with zero attached hydrogens (tertiary/aromatic N) is 1. The Balaban J connectivity index is 1.03. The first-order chi connectivity index (χ1) is 34.7. The van der Waals surface area contributed by atoms with Gasteiger partial charge in [0.2, 0.25) is 0 Å². The maximum absolute atomic E-state index is 2.63. The van der Waals surface area contributed by atoms with Crippen LogP contribution in [0, 0.1) is 0 Å². The van der Waals surface area contributed by atoms with Gasteiger partial charge in [0.05, 0.1) is 11.4 Å². The third kappa shape index (κ3) is 7.41. The fourth-order valence-electron chi connectivity index (χ4n) is 13.8. The van der Waals surface area contributed by atoms with Gasteiger partial charge in [-0.25, -0.2) is 0 Å². The average molecular weight is 920 g/mol. The van der Waals surface area contributed by atoms with E-state index in [4.69, 9.17) is 0 Å². The number of rotatable bonds is 8. The van der Waals surface area contributed by atoms with Gasteiger partial charge in [0.1, 0.15) is 0 Å². The molecule has 2 fully saturated rings. The number of anilines is 3. The van der Waals surface area contributed by atoms with E-state index in [0.717, 1.165) is 0 Å². The van der Waals surface area contributed by atoms with Gasteiger partial charge in [-0.15, -0.1) is 0 Å². The second-order valence-corrected chi connectivity index (χ2v) is 22.5. The molecule has 0 aliphatic heterocycles. The van der Waals surface area contributed by atoms with Crippen LogP contribution in [0.3, 0.4) is 0 Å². The molecule has 4 aliphatic rings. The number of hydrogen-bond donors (Lipinski definition) is 0. The summed E-state index contributed by atoms with van der Waals surface area (Å²) in [6, 6.07) is 72.8. The van der Waals surface area contributed by atoms with Crippen molar-refractivity contribution in [2.24, 2.45) is 0 Å². The van der Waals surface area contributed by atoms with Gasteiger partial charge in [-0.3, -0.25) is 0 Å². The van der Waals surface area contributed by atoms with E-state index in [9.17, 15) is 0 Å². The fraction of sp³-hybridized carbons (Fsp3) is 0.257. The van der Waals surface area contributed by atoms with Crippen LogP contribution in [-0.2, 0) is 10.8 Å². The third-order valence-corrected chi connectivity index (χ3v) is 17.7. The van der Waals surface area contributed by atoms with Crippen LogP contribution in [0.5, 0.6) is 0 Å². The van der Waals surface area contributed by atoms with Gasteiger partial charge in [0.25, 0.3) is 0 Å². The summed E-state index contributed by atoms with van der Waals surface area (Å²) >= 11 is 0. The van der Waals surface area contributed by atoms with Gasteiger partial charge in [0, 0.05) is 27.6 Å². The van der Waals surface area contributed by atoms with Crippen LogP contribution in [0.1, 0.15) is 137 Å². The second-order valence-electron chi connectivity index (χ2n) is 22.5. The van der Waals surface area contributed by atoms with Crippen molar-refractivity contribution < 1.29 is 0 Å². The highest BCUT2D eigenvalue weighted by molar-refractivity contribution is 6.02. The van der Waals surface area contributed by atoms with Gasteiger partial charge >= 0.3 is 0 Å². The minimum absolute atomic E-state index is 0.149. The molecule has 0 heterocycles. The maximum atomic E-state index is 2.63. The van der Waals surface area contributed by atoms with Crippen molar-refractivity contribution in [1.82, 2.24) is 0 Å². The van der Waals surface area contributed by atoms with Crippen LogP contribution in [-0.4, -0.2) is 0 Å². The van der Waals surface area contributed by atoms with E-state index in [-0.39, 0.29) is 10.8 Å². The van der Waals surface area contributed by atoms with E-state index in [1.165, 1.54) is 170 Å². The molecule has 71 heavy (non-hydrogen) atoms. The zero-order valence-corrected chi connectivity index (χ0v) is 42.1. The lowest BCUT2D eigenvalue weighted by Crippen LogP contribution is -2.18. The predicted molar refractivity (Wildman–Crippen MR) is 302 cm³/mol. The Morgan fingerprint density at radius 3 is 1.62 bits per heavy atom. The normalized spacial score (nSPS) is 16.8. The Hall–Kier alpha value is -6.96. The Kier molecular flexibility index (Phi) is 10.8. The number of fused-ring (bicyclic) bond motifs is 7. The predicted octanol–water partition coefficient (Wildman–Crippen LogP) is 20.0. The molecule has 1 heteroatoms. The lowest BCUT2D eigenvalue weighted by atomic mass is 9.78. The van der Waals surface area contributed by atoms with Crippen LogP contribution in [0.4, 0.5) is 17.1 Å². The maximum Gasteiger partial charge on any atom is 0.0546 e. The summed E-state index contributed by atoms with van der Waals surface area (Å²) in [7, 11) is 0. The first-order valence-electron chi connectivity index (χ1n) is 26.9. The Bertz CT molecular complexity index is 3460. The van der Waals surface area contributed by atoms with E-state index in [0.29, 0.717) is 11.8 Å². The van der Waals surface area contributed by atoms with Gasteiger partial charge in [0.15, 0.2) is 0 Å². The topological polar surface area (TPSA) is 3.24 Å². The highest BCUT2D eigenvalue weighted by Gasteiger charge is 2.40. The van der Waals surface area contributed by atoms with Gasteiger partial charge < -0.3 is 4.90 Å². The van der Waals surface area contributed by atoms with E-state index in [1.54, 1.807) is 11.1 Å². The zero-order valence-electron chi connectivity index (χ0n) is 42.1. The molecular weight excluding hydrogens is 855 g/mol. The zero-order chi connectivity index (χ0) is 47.8. The molecule has 0 radical (unpaired) electrons. The van der Waals surface area contributed by atoms with Crippen molar-refractivity contribution in [3.05, 3.63) is 221 Å². The molecule has 2 saturated carbocycles. The van der Waals surface area contributed by atoms with Crippen molar-refractivity contribution in [1.29, 1.82) is 0 Å². The van der Waals surface area contributed by atoms with E-state index >= 15 is 0 Å². The van der Waals surface area contributed by atoms with Gasteiger partial charge in [-0.2, -0.15) is 0 Å². The van der Waals surface area contributed by atoms with Gasteiger partial charge in [-0.05, 0) is 150 Å². The van der Waals surface area contributed by atoms with Gasteiger partial charge in [-0.1, -0.05) is 230 Å². The van der Waals surface area contributed by atoms with Crippen molar-refractivity contribution >= 4 is 27.8 Å². The Labute approximate surface area is 422 Å². The van der Waals surface area contributed by atoms with E-state index < -0.39 is 0 Å². The van der Waals surface area contributed by atoms with Crippen molar-refractivity contribution in [3.8, 4) is 55.6 Å². The molecule has 9 aromatic rings. The summed E-state index contributed by atoms with van der Waals surface area (Å²) in [6.07, 6.45) is 13.5. The summed E-state index contributed by atoms with van der Waals surface area (Å²) in [6.45, 7) is 9.61. The molecule has 1 nitrogen and oxygen atoms in total. The molecule has 0 N–H and O–H groups in total. The first kappa shape index (κ1) is 44.0. The summed E-state index contributed by atoms with van der Waals surface area (Å²) in [5, 5.41) is 2.52. The molecule has 9 aromatic carbocycles. The minimum Gasteiger partial charge on any atom is -0.309 e. The second kappa shape index (κ2) is 17.4. The van der Waals surface area contributed by atoms with Crippen molar-refractivity contribution in [2.45, 2.75) is 115 Å². The average Bonchev–Trinajstić information content (AvgIpc) is 3.80. The summed E-state index contributed by atoms with van der Waals surface area (Å²) in [5.41, 5.74) is 24.8. The van der Waals surface area contributed by atoms with Crippen molar-refractivity contribution in [2.75, 3.05) is 4.90 Å². The molecule has 0 atom stereocenters. The lowest BCUT2D eigenvalue weighted by molar-refractivity contribution is 0.435. The molecule has 0 aromatic heterocycles. The summed E-state index contributed by atoms with van der Waals surface area (Å²) in [4.78, 5) is 2.62. The Morgan fingerprint density at radius 2 is 0.887 bits per heavy atom. The van der Waals surface area contributed by atoms with Crippen LogP contribution in [0.25, 0.3) is 66.4 Å². The highest BCUT2D eigenvalue weighted by atomic mass is 15.1. The van der Waals surface area contributed by atoms with Crippen LogP contribution >= 0.6 is 0 Å².